The second-order valence-electron chi connectivity index (χ2n) is 5.70. The van der Waals surface area contributed by atoms with Crippen LogP contribution in [-0.2, 0) is 6.42 Å². The van der Waals surface area contributed by atoms with Crippen LogP contribution in [0.2, 0.25) is 0 Å². The number of benzene rings is 1. The van der Waals surface area contributed by atoms with Crippen molar-refractivity contribution in [3.63, 3.8) is 0 Å². The first-order chi connectivity index (χ1) is 9.93. The molecule has 2 aromatic rings. The van der Waals surface area contributed by atoms with Crippen LogP contribution in [0.4, 0.5) is 0 Å². The summed E-state index contributed by atoms with van der Waals surface area (Å²) in [6.45, 7) is 8.28. The fourth-order valence-electron chi connectivity index (χ4n) is 2.60. The van der Waals surface area contributed by atoms with Gasteiger partial charge in [0.25, 0.3) is 0 Å². The van der Waals surface area contributed by atoms with Gasteiger partial charge in [-0.25, -0.2) is 0 Å². The standard InChI is InChI=1S/C18H24N2O/c1-11-6-7-15(8-12(11)2)16(19)9-17-14(4)18(21-5)13(3)10-20-17/h6-8,10,16H,9,19H2,1-5H3. The number of hydrogen-bond acceptors (Lipinski definition) is 3. The van der Waals surface area contributed by atoms with Gasteiger partial charge in [0, 0.05) is 35.5 Å². The molecule has 0 fully saturated rings. The first-order valence-electron chi connectivity index (χ1n) is 7.25. The smallest absolute Gasteiger partial charge is 0.128 e. The Hall–Kier alpha value is -1.87. The van der Waals surface area contributed by atoms with E-state index in [1.54, 1.807) is 7.11 Å². The Morgan fingerprint density at radius 1 is 1.10 bits per heavy atom. The van der Waals surface area contributed by atoms with Crippen molar-refractivity contribution in [2.45, 2.75) is 40.2 Å². The van der Waals surface area contributed by atoms with Gasteiger partial charge in [-0.3, -0.25) is 4.98 Å². The summed E-state index contributed by atoms with van der Waals surface area (Å²) >= 11 is 0. The van der Waals surface area contributed by atoms with E-state index in [-0.39, 0.29) is 6.04 Å². The molecule has 1 aromatic carbocycles. The molecule has 2 rings (SSSR count). The summed E-state index contributed by atoms with van der Waals surface area (Å²) in [5.74, 6) is 0.910. The maximum atomic E-state index is 6.36. The van der Waals surface area contributed by atoms with Crippen molar-refractivity contribution in [3.05, 3.63) is 57.9 Å². The molecule has 21 heavy (non-hydrogen) atoms. The minimum Gasteiger partial charge on any atom is -0.496 e. The number of hydrogen-bond donors (Lipinski definition) is 1. The number of rotatable bonds is 4. The van der Waals surface area contributed by atoms with Gasteiger partial charge in [0.15, 0.2) is 0 Å². The number of pyridine rings is 1. The van der Waals surface area contributed by atoms with E-state index in [1.807, 2.05) is 20.0 Å². The highest BCUT2D eigenvalue weighted by Crippen LogP contribution is 2.27. The van der Waals surface area contributed by atoms with Crippen LogP contribution in [0.1, 0.15) is 39.6 Å². The first kappa shape index (κ1) is 15.5. The van der Waals surface area contributed by atoms with E-state index in [1.165, 1.54) is 11.1 Å². The molecular weight excluding hydrogens is 260 g/mol. The summed E-state index contributed by atoms with van der Waals surface area (Å²) in [5, 5.41) is 0. The molecule has 3 heteroatoms. The Morgan fingerprint density at radius 3 is 2.43 bits per heavy atom. The quantitative estimate of drug-likeness (QED) is 0.933. The highest BCUT2D eigenvalue weighted by atomic mass is 16.5. The average molecular weight is 284 g/mol. The van der Waals surface area contributed by atoms with Crippen LogP contribution in [0, 0.1) is 27.7 Å². The molecule has 0 amide bonds. The van der Waals surface area contributed by atoms with E-state index in [9.17, 15) is 0 Å². The number of aryl methyl sites for hydroxylation is 3. The Labute approximate surface area is 127 Å². The lowest BCUT2D eigenvalue weighted by Crippen LogP contribution is -2.15. The Bertz CT molecular complexity index is 650. The predicted molar refractivity (Wildman–Crippen MR) is 86.8 cm³/mol. The van der Waals surface area contributed by atoms with Crippen molar-refractivity contribution >= 4 is 0 Å². The maximum Gasteiger partial charge on any atom is 0.128 e. The molecule has 0 aliphatic heterocycles. The molecule has 0 aliphatic carbocycles. The second-order valence-corrected chi connectivity index (χ2v) is 5.70. The van der Waals surface area contributed by atoms with Crippen LogP contribution in [-0.4, -0.2) is 12.1 Å². The lowest BCUT2D eigenvalue weighted by molar-refractivity contribution is 0.406. The fourth-order valence-corrected chi connectivity index (χ4v) is 2.60. The average Bonchev–Trinajstić information content (AvgIpc) is 2.45. The summed E-state index contributed by atoms with van der Waals surface area (Å²) < 4.78 is 5.46. The van der Waals surface area contributed by atoms with Crippen molar-refractivity contribution in [1.82, 2.24) is 4.98 Å². The third-order valence-corrected chi connectivity index (χ3v) is 4.12. The largest absolute Gasteiger partial charge is 0.496 e. The number of nitrogens with zero attached hydrogens (tertiary/aromatic N) is 1. The van der Waals surface area contributed by atoms with E-state index in [0.29, 0.717) is 6.42 Å². The van der Waals surface area contributed by atoms with Gasteiger partial charge in [-0.15, -0.1) is 0 Å². The van der Waals surface area contributed by atoms with Gasteiger partial charge < -0.3 is 10.5 Å². The van der Waals surface area contributed by atoms with Crippen molar-refractivity contribution in [1.29, 1.82) is 0 Å². The van der Waals surface area contributed by atoms with Gasteiger partial charge in [0.05, 0.1) is 7.11 Å². The molecule has 1 heterocycles. The van der Waals surface area contributed by atoms with Crippen LogP contribution in [0.15, 0.2) is 24.4 Å². The summed E-state index contributed by atoms with van der Waals surface area (Å²) in [6, 6.07) is 6.35. The van der Waals surface area contributed by atoms with Gasteiger partial charge >= 0.3 is 0 Å². The van der Waals surface area contributed by atoms with Gasteiger partial charge in [-0.2, -0.15) is 0 Å². The molecule has 112 valence electrons. The lowest BCUT2D eigenvalue weighted by Gasteiger charge is -2.17. The number of aromatic nitrogens is 1. The minimum atomic E-state index is -0.0529. The van der Waals surface area contributed by atoms with Crippen LogP contribution in [0.5, 0.6) is 5.75 Å². The highest BCUT2D eigenvalue weighted by molar-refractivity contribution is 5.42. The zero-order valence-corrected chi connectivity index (χ0v) is 13.5. The van der Waals surface area contributed by atoms with E-state index in [4.69, 9.17) is 10.5 Å². The van der Waals surface area contributed by atoms with Gasteiger partial charge in [0.2, 0.25) is 0 Å². The van der Waals surface area contributed by atoms with Crippen molar-refractivity contribution in [2.24, 2.45) is 5.73 Å². The van der Waals surface area contributed by atoms with E-state index >= 15 is 0 Å². The molecule has 0 spiro atoms. The number of ether oxygens (including phenoxy) is 1. The van der Waals surface area contributed by atoms with Crippen molar-refractivity contribution < 1.29 is 4.74 Å². The van der Waals surface area contributed by atoms with E-state index < -0.39 is 0 Å². The normalized spacial score (nSPS) is 12.3. The van der Waals surface area contributed by atoms with Gasteiger partial charge in [-0.1, -0.05) is 18.2 Å². The van der Waals surface area contributed by atoms with Crippen molar-refractivity contribution in [3.8, 4) is 5.75 Å². The zero-order chi connectivity index (χ0) is 15.6. The third-order valence-electron chi connectivity index (χ3n) is 4.12. The lowest BCUT2D eigenvalue weighted by atomic mass is 9.96. The molecular formula is C18H24N2O. The second kappa shape index (κ2) is 6.27. The topological polar surface area (TPSA) is 48.1 Å². The monoisotopic (exact) mass is 284 g/mol. The molecule has 0 bridgehead atoms. The molecule has 0 radical (unpaired) electrons. The van der Waals surface area contributed by atoms with Gasteiger partial charge in [0.1, 0.15) is 5.75 Å². The number of nitrogens with two attached hydrogens (primary N) is 1. The highest BCUT2D eigenvalue weighted by Gasteiger charge is 2.14. The zero-order valence-electron chi connectivity index (χ0n) is 13.5. The summed E-state index contributed by atoms with van der Waals surface area (Å²) in [4.78, 5) is 4.53. The first-order valence-corrected chi connectivity index (χ1v) is 7.25. The van der Waals surface area contributed by atoms with E-state index in [2.05, 4.69) is 37.0 Å². The Morgan fingerprint density at radius 2 is 1.81 bits per heavy atom. The van der Waals surface area contributed by atoms with Crippen LogP contribution in [0.3, 0.4) is 0 Å². The molecule has 3 nitrogen and oxygen atoms in total. The summed E-state index contributed by atoms with van der Waals surface area (Å²) in [6.07, 6.45) is 2.57. The minimum absolute atomic E-state index is 0.0529. The molecule has 1 atom stereocenters. The Kier molecular flexibility index (Phi) is 4.63. The molecule has 0 saturated carbocycles. The predicted octanol–water partition coefficient (Wildman–Crippen LogP) is 3.57. The number of methoxy groups -OCH3 is 1. The SMILES string of the molecule is COc1c(C)cnc(CC(N)c2ccc(C)c(C)c2)c1C. The van der Waals surface area contributed by atoms with Crippen LogP contribution < -0.4 is 10.5 Å². The molecule has 0 aliphatic rings. The van der Waals surface area contributed by atoms with Crippen molar-refractivity contribution in [2.75, 3.05) is 7.11 Å². The van der Waals surface area contributed by atoms with Gasteiger partial charge in [-0.05, 0) is 44.4 Å². The third kappa shape index (κ3) is 3.24. The molecule has 1 unspecified atom stereocenters. The fraction of sp³-hybridized carbons (Fsp3) is 0.389. The summed E-state index contributed by atoms with van der Waals surface area (Å²) in [7, 11) is 1.70. The van der Waals surface area contributed by atoms with Crippen LogP contribution >= 0.6 is 0 Å². The Balaban J connectivity index is 2.27. The molecule has 0 saturated heterocycles. The maximum absolute atomic E-state index is 6.36. The molecule has 1 aromatic heterocycles. The van der Waals surface area contributed by atoms with Crippen LogP contribution in [0.25, 0.3) is 0 Å². The van der Waals surface area contributed by atoms with E-state index in [0.717, 1.165) is 28.1 Å². The summed E-state index contributed by atoms with van der Waals surface area (Å²) in [5.41, 5.74) is 13.2. The molecule has 2 N–H and O–H groups in total.